The summed E-state index contributed by atoms with van der Waals surface area (Å²) >= 11 is 0. The van der Waals surface area contributed by atoms with Gasteiger partial charge in [-0.3, -0.25) is 10.9 Å². The van der Waals surface area contributed by atoms with Crippen LogP contribution in [0, 0.1) is 11.3 Å². The van der Waals surface area contributed by atoms with Gasteiger partial charge in [0.15, 0.2) is 5.82 Å². The Labute approximate surface area is 163 Å². The first kappa shape index (κ1) is 17.3. The van der Waals surface area contributed by atoms with E-state index in [1.165, 1.54) is 0 Å². The number of hydrogen-bond donors (Lipinski definition) is 2. The zero-order valence-corrected chi connectivity index (χ0v) is 15.0. The minimum atomic E-state index is 0.380. The molecule has 1 heterocycles. The molecule has 4 rings (SSSR count). The highest BCUT2D eigenvalue weighted by Gasteiger charge is 2.19. The second-order valence-electron chi connectivity index (χ2n) is 6.11. The van der Waals surface area contributed by atoms with Gasteiger partial charge in [-0.2, -0.15) is 5.26 Å². The Morgan fingerprint density at radius 2 is 1.21 bits per heavy atom. The molecule has 0 unspecified atom stereocenters. The Morgan fingerprint density at radius 3 is 1.82 bits per heavy atom. The molecule has 1 aromatic heterocycles. The van der Waals surface area contributed by atoms with Gasteiger partial charge in [-0.15, -0.1) is 10.2 Å². The van der Waals surface area contributed by atoms with Crippen LogP contribution in [0.3, 0.4) is 0 Å². The molecule has 2 N–H and O–H groups in total. The Balaban J connectivity index is 1.83. The maximum absolute atomic E-state index is 9.94. The van der Waals surface area contributed by atoms with Gasteiger partial charge < -0.3 is 0 Å². The molecule has 0 amide bonds. The molecule has 0 aliphatic heterocycles. The number of benzene rings is 3. The lowest BCUT2D eigenvalue weighted by Gasteiger charge is -2.15. The lowest BCUT2D eigenvalue weighted by atomic mass is 9.96. The third-order valence-electron chi connectivity index (χ3n) is 4.29. The number of para-hydroxylation sites is 1. The van der Waals surface area contributed by atoms with Crippen LogP contribution in [-0.2, 0) is 0 Å². The number of nitrogens with one attached hydrogen (secondary N) is 2. The van der Waals surface area contributed by atoms with E-state index in [9.17, 15) is 5.26 Å². The van der Waals surface area contributed by atoms with Crippen LogP contribution in [0.15, 0.2) is 91.0 Å². The first-order valence-electron chi connectivity index (χ1n) is 8.85. The number of rotatable bonds is 5. The molecule has 134 valence electrons. The van der Waals surface area contributed by atoms with Crippen molar-refractivity contribution in [2.75, 3.05) is 10.9 Å². The molecular formula is C23H17N5. The smallest absolute Gasteiger partial charge is 0.185 e. The van der Waals surface area contributed by atoms with Gasteiger partial charge >= 0.3 is 0 Å². The molecule has 0 bridgehead atoms. The average Bonchev–Trinajstić information content (AvgIpc) is 2.79. The van der Waals surface area contributed by atoms with Crippen LogP contribution < -0.4 is 10.9 Å². The van der Waals surface area contributed by atoms with Crippen molar-refractivity contribution in [2.24, 2.45) is 0 Å². The van der Waals surface area contributed by atoms with Crippen LogP contribution in [0.25, 0.3) is 22.4 Å². The molecule has 0 fully saturated rings. The number of aromatic nitrogens is 2. The topological polar surface area (TPSA) is 73.6 Å². The van der Waals surface area contributed by atoms with Crippen LogP contribution in [0.2, 0.25) is 0 Å². The average molecular weight is 363 g/mol. The zero-order valence-electron chi connectivity index (χ0n) is 15.0. The quantitative estimate of drug-likeness (QED) is 0.481. The fourth-order valence-corrected chi connectivity index (χ4v) is 2.97. The first-order chi connectivity index (χ1) is 13.9. The number of hydrazine groups is 1. The maximum Gasteiger partial charge on any atom is 0.185 e. The van der Waals surface area contributed by atoms with Gasteiger partial charge in [-0.25, -0.2) is 0 Å². The molecule has 0 aliphatic carbocycles. The van der Waals surface area contributed by atoms with Crippen LogP contribution in [0.1, 0.15) is 5.56 Å². The van der Waals surface area contributed by atoms with E-state index < -0.39 is 0 Å². The normalized spacial score (nSPS) is 10.1. The lowest BCUT2D eigenvalue weighted by molar-refractivity contribution is 1.03. The summed E-state index contributed by atoms with van der Waals surface area (Å²) in [6, 6.07) is 31.5. The van der Waals surface area contributed by atoms with Crippen molar-refractivity contribution in [1.29, 1.82) is 5.26 Å². The molecule has 28 heavy (non-hydrogen) atoms. The van der Waals surface area contributed by atoms with Gasteiger partial charge in [0.05, 0.1) is 5.69 Å². The van der Waals surface area contributed by atoms with E-state index in [2.05, 4.69) is 27.1 Å². The molecule has 0 saturated carbocycles. The molecule has 0 saturated heterocycles. The van der Waals surface area contributed by atoms with Crippen molar-refractivity contribution >= 4 is 11.5 Å². The van der Waals surface area contributed by atoms with Crippen LogP contribution in [-0.4, -0.2) is 10.2 Å². The highest BCUT2D eigenvalue weighted by molar-refractivity contribution is 5.87. The van der Waals surface area contributed by atoms with Crippen molar-refractivity contribution in [3.63, 3.8) is 0 Å². The second kappa shape index (κ2) is 8.02. The van der Waals surface area contributed by atoms with E-state index in [0.717, 1.165) is 22.4 Å². The van der Waals surface area contributed by atoms with Gasteiger partial charge in [-0.1, -0.05) is 78.9 Å². The molecule has 0 spiro atoms. The van der Waals surface area contributed by atoms with Gasteiger partial charge in [0.2, 0.25) is 0 Å². The Bertz CT molecular complexity index is 1100. The molecule has 3 aromatic carbocycles. The first-order valence-corrected chi connectivity index (χ1v) is 8.85. The van der Waals surface area contributed by atoms with Gasteiger partial charge in [-0.05, 0) is 17.7 Å². The standard InChI is InChI=1S/C23H17N5/c24-16-20-21(17-10-4-1-5-11-17)22(18-12-6-2-7-13-18)26-28-23(20)27-25-19-14-8-3-9-15-19/h1-15,25H,(H,27,28). The number of anilines is 2. The highest BCUT2D eigenvalue weighted by Crippen LogP contribution is 2.35. The summed E-state index contributed by atoms with van der Waals surface area (Å²) in [5.74, 6) is 0.380. The fourth-order valence-electron chi connectivity index (χ4n) is 2.97. The van der Waals surface area contributed by atoms with Gasteiger partial charge in [0, 0.05) is 11.1 Å². The third-order valence-corrected chi connectivity index (χ3v) is 4.29. The summed E-state index contributed by atoms with van der Waals surface area (Å²) in [5, 5.41) is 18.7. The predicted octanol–water partition coefficient (Wildman–Crippen LogP) is 5.12. The summed E-state index contributed by atoms with van der Waals surface area (Å²) in [6.45, 7) is 0. The molecule has 0 atom stereocenters. The second-order valence-corrected chi connectivity index (χ2v) is 6.11. The molecule has 5 heteroatoms. The predicted molar refractivity (Wildman–Crippen MR) is 111 cm³/mol. The molecule has 5 nitrogen and oxygen atoms in total. The molecular weight excluding hydrogens is 346 g/mol. The minimum absolute atomic E-state index is 0.380. The summed E-state index contributed by atoms with van der Waals surface area (Å²) in [4.78, 5) is 0. The lowest BCUT2D eigenvalue weighted by Crippen LogP contribution is -2.13. The Kier molecular flexibility index (Phi) is 4.94. The van der Waals surface area contributed by atoms with E-state index in [-0.39, 0.29) is 0 Å². The van der Waals surface area contributed by atoms with Crippen molar-refractivity contribution in [1.82, 2.24) is 10.2 Å². The Morgan fingerprint density at radius 1 is 0.643 bits per heavy atom. The van der Waals surface area contributed by atoms with E-state index in [4.69, 9.17) is 0 Å². The summed E-state index contributed by atoms with van der Waals surface area (Å²) in [6.07, 6.45) is 0. The van der Waals surface area contributed by atoms with E-state index >= 15 is 0 Å². The van der Waals surface area contributed by atoms with Crippen molar-refractivity contribution < 1.29 is 0 Å². The summed E-state index contributed by atoms with van der Waals surface area (Å²) < 4.78 is 0. The minimum Gasteiger partial charge on any atom is -0.300 e. The fraction of sp³-hybridized carbons (Fsp3) is 0. The van der Waals surface area contributed by atoms with Gasteiger partial charge in [0.25, 0.3) is 0 Å². The number of nitriles is 1. The number of nitrogens with zero attached hydrogens (tertiary/aromatic N) is 3. The Hall–Kier alpha value is -4.17. The molecule has 4 aromatic rings. The third kappa shape index (κ3) is 3.53. The van der Waals surface area contributed by atoms with Crippen molar-refractivity contribution in [3.8, 4) is 28.5 Å². The van der Waals surface area contributed by atoms with Crippen LogP contribution >= 0.6 is 0 Å². The molecule has 0 aliphatic rings. The van der Waals surface area contributed by atoms with E-state index in [1.54, 1.807) is 0 Å². The van der Waals surface area contributed by atoms with Gasteiger partial charge in [0.1, 0.15) is 17.3 Å². The van der Waals surface area contributed by atoms with E-state index in [1.807, 2.05) is 91.0 Å². The van der Waals surface area contributed by atoms with Crippen LogP contribution in [0.4, 0.5) is 11.5 Å². The van der Waals surface area contributed by atoms with Crippen molar-refractivity contribution in [3.05, 3.63) is 96.6 Å². The monoisotopic (exact) mass is 363 g/mol. The van der Waals surface area contributed by atoms with Crippen molar-refractivity contribution in [2.45, 2.75) is 0 Å². The summed E-state index contributed by atoms with van der Waals surface area (Å²) in [7, 11) is 0. The van der Waals surface area contributed by atoms with Crippen LogP contribution in [0.5, 0.6) is 0 Å². The maximum atomic E-state index is 9.94. The largest absolute Gasteiger partial charge is 0.300 e. The highest BCUT2D eigenvalue weighted by atomic mass is 15.4. The zero-order chi connectivity index (χ0) is 19.2. The SMILES string of the molecule is N#Cc1c(NNc2ccccc2)nnc(-c2ccccc2)c1-c1ccccc1. The number of hydrogen-bond acceptors (Lipinski definition) is 5. The molecule has 0 radical (unpaired) electrons. The van der Waals surface area contributed by atoms with E-state index in [0.29, 0.717) is 17.1 Å². The summed E-state index contributed by atoms with van der Waals surface area (Å²) in [5.41, 5.74) is 10.6.